The van der Waals surface area contributed by atoms with E-state index in [2.05, 4.69) is 98.8 Å². The number of alkyl halides is 1. The third-order valence-corrected chi connectivity index (χ3v) is 10.6. The van der Waals surface area contributed by atoms with E-state index >= 15 is 0 Å². The number of amides is 2. The molecule has 0 radical (unpaired) electrons. The summed E-state index contributed by atoms with van der Waals surface area (Å²) in [5.41, 5.74) is 4.74. The summed E-state index contributed by atoms with van der Waals surface area (Å²) in [4.78, 5) is 34.5. The molecule has 2 aromatic rings. The minimum absolute atomic E-state index is 0.00203. The molecule has 1 unspecified atom stereocenters. The van der Waals surface area contributed by atoms with Crippen molar-refractivity contribution in [3.63, 3.8) is 0 Å². The van der Waals surface area contributed by atoms with Crippen LogP contribution in [-0.4, -0.2) is 64.5 Å². The Bertz CT molecular complexity index is 1160. The van der Waals surface area contributed by atoms with Crippen molar-refractivity contribution in [3.8, 4) is 10.4 Å². The fourth-order valence-electron chi connectivity index (χ4n) is 4.96. The van der Waals surface area contributed by atoms with Gasteiger partial charge in [-0.2, -0.15) is 0 Å². The molecule has 0 spiro atoms. The number of rotatable bonds is 13. The predicted molar refractivity (Wildman–Crippen MR) is 177 cm³/mol. The summed E-state index contributed by atoms with van der Waals surface area (Å²) in [5, 5.41) is 6.65. The molecule has 0 aliphatic carbocycles. The van der Waals surface area contributed by atoms with E-state index < -0.39 is 12.1 Å². The molecule has 2 heterocycles. The van der Waals surface area contributed by atoms with E-state index in [1.54, 1.807) is 16.2 Å². The van der Waals surface area contributed by atoms with Crippen LogP contribution in [-0.2, 0) is 20.9 Å². The highest BCUT2D eigenvalue weighted by atomic mass is 127. The van der Waals surface area contributed by atoms with Gasteiger partial charge in [0.2, 0.25) is 11.8 Å². The number of hydrogen-bond acceptors (Lipinski definition) is 6. The van der Waals surface area contributed by atoms with Gasteiger partial charge in [-0.1, -0.05) is 95.3 Å². The van der Waals surface area contributed by atoms with Crippen LogP contribution in [0.5, 0.6) is 0 Å². The molecule has 1 aliphatic rings. The van der Waals surface area contributed by atoms with Crippen LogP contribution in [0.4, 0.5) is 0 Å². The van der Waals surface area contributed by atoms with E-state index in [4.69, 9.17) is 4.74 Å². The summed E-state index contributed by atoms with van der Waals surface area (Å²) in [7, 11) is 0. The average molecular weight is 697 g/mol. The SMILES string of the molecule is Cc1ncsc1-c1ccc(CNC(=O)[C@@H]2CCCN2C(=O)C(NCC(C)(C)COCC(C)(C)CI)C(C)(C)C)cc1. The molecule has 9 heteroatoms. The summed E-state index contributed by atoms with van der Waals surface area (Å²) < 4.78 is 7.12. The molecule has 41 heavy (non-hydrogen) atoms. The van der Waals surface area contributed by atoms with Crippen molar-refractivity contribution >= 4 is 45.7 Å². The minimum Gasteiger partial charge on any atom is -0.380 e. The predicted octanol–water partition coefficient (Wildman–Crippen LogP) is 6.23. The number of ether oxygens (including phenoxy) is 1. The number of aryl methyl sites for hydroxylation is 1. The first kappa shape index (κ1) is 33.9. The molecular formula is C32H49IN4O3S. The van der Waals surface area contributed by atoms with Crippen molar-refractivity contribution in [2.24, 2.45) is 16.2 Å². The Hall–Kier alpha value is -1.56. The summed E-state index contributed by atoms with van der Waals surface area (Å²) in [6, 6.07) is 7.39. The third-order valence-electron chi connectivity index (χ3n) is 7.51. The summed E-state index contributed by atoms with van der Waals surface area (Å²) in [6.45, 7) is 20.0. The van der Waals surface area contributed by atoms with Gasteiger partial charge in [0.15, 0.2) is 0 Å². The van der Waals surface area contributed by atoms with E-state index in [0.717, 1.165) is 27.7 Å². The molecule has 1 fully saturated rings. The fourth-order valence-corrected chi connectivity index (χ4v) is 6.00. The molecule has 1 aliphatic heterocycles. The van der Waals surface area contributed by atoms with Gasteiger partial charge in [0.1, 0.15) is 6.04 Å². The first-order valence-corrected chi connectivity index (χ1v) is 17.0. The molecular weight excluding hydrogens is 647 g/mol. The highest BCUT2D eigenvalue weighted by molar-refractivity contribution is 14.1. The van der Waals surface area contributed by atoms with Crippen molar-refractivity contribution < 1.29 is 14.3 Å². The van der Waals surface area contributed by atoms with Crippen molar-refractivity contribution in [3.05, 3.63) is 41.0 Å². The van der Waals surface area contributed by atoms with E-state index in [1.165, 1.54) is 4.88 Å². The first-order chi connectivity index (χ1) is 19.1. The zero-order chi connectivity index (χ0) is 30.4. The summed E-state index contributed by atoms with van der Waals surface area (Å²) in [6.07, 6.45) is 1.51. The lowest BCUT2D eigenvalue weighted by Gasteiger charge is -2.38. The third kappa shape index (κ3) is 9.73. The number of likely N-dealkylation sites (tertiary alicyclic amines) is 1. The Labute approximate surface area is 264 Å². The molecule has 7 nitrogen and oxygen atoms in total. The number of nitrogens with zero attached hydrogens (tertiary/aromatic N) is 2. The standard InChI is InChI=1S/C32H49IN4O3S/c1-22-26(41-21-36-22)24-13-11-23(12-14-24)16-34-28(38)25-10-9-15-37(25)29(39)27(30(2,3)4)35-18-32(7,8)20-40-19-31(5,6)17-33/h11-14,21,25,27,35H,9-10,15-20H2,1-8H3,(H,34,38)/t25-,27?/m0/s1. The van der Waals surface area contributed by atoms with Crippen LogP contribution in [0.2, 0.25) is 0 Å². The highest BCUT2D eigenvalue weighted by Gasteiger charge is 2.41. The first-order valence-electron chi connectivity index (χ1n) is 14.6. The smallest absolute Gasteiger partial charge is 0.243 e. The molecule has 2 atom stereocenters. The van der Waals surface area contributed by atoms with E-state index in [-0.39, 0.29) is 28.1 Å². The van der Waals surface area contributed by atoms with E-state index in [9.17, 15) is 9.59 Å². The van der Waals surface area contributed by atoms with Gasteiger partial charge in [-0.15, -0.1) is 11.3 Å². The number of halogens is 1. The van der Waals surface area contributed by atoms with Crippen LogP contribution < -0.4 is 10.6 Å². The zero-order valence-electron chi connectivity index (χ0n) is 26.1. The number of carbonyl (C=O) groups excluding carboxylic acids is 2. The van der Waals surface area contributed by atoms with Crippen LogP contribution in [0.1, 0.15) is 72.6 Å². The molecule has 1 aromatic heterocycles. The molecule has 2 N–H and O–H groups in total. The molecule has 0 saturated carbocycles. The quantitative estimate of drug-likeness (QED) is 0.192. The number of hydrogen-bond donors (Lipinski definition) is 2. The molecule has 3 rings (SSSR count). The Morgan fingerprint density at radius 1 is 1.10 bits per heavy atom. The maximum Gasteiger partial charge on any atom is 0.243 e. The topological polar surface area (TPSA) is 83.6 Å². The van der Waals surface area contributed by atoms with Gasteiger partial charge in [0, 0.05) is 29.5 Å². The number of benzene rings is 1. The molecule has 1 saturated heterocycles. The second-order valence-corrected chi connectivity index (χ2v) is 15.6. The summed E-state index contributed by atoms with van der Waals surface area (Å²) in [5.74, 6) is -0.0836. The van der Waals surface area contributed by atoms with Gasteiger partial charge in [-0.3, -0.25) is 9.59 Å². The maximum absolute atomic E-state index is 13.9. The average Bonchev–Trinajstić information content (AvgIpc) is 3.56. The monoisotopic (exact) mass is 696 g/mol. The largest absolute Gasteiger partial charge is 0.380 e. The minimum atomic E-state index is -0.444. The Morgan fingerprint density at radius 3 is 2.34 bits per heavy atom. The number of carbonyl (C=O) groups is 2. The normalized spacial score (nSPS) is 17.1. The van der Waals surface area contributed by atoms with Gasteiger partial charge in [-0.05, 0) is 41.7 Å². The lowest BCUT2D eigenvalue weighted by Crippen LogP contribution is -2.57. The van der Waals surface area contributed by atoms with Crippen LogP contribution in [0.25, 0.3) is 10.4 Å². The van der Waals surface area contributed by atoms with Gasteiger partial charge < -0.3 is 20.3 Å². The second kappa shape index (κ2) is 14.3. The highest BCUT2D eigenvalue weighted by Crippen LogP contribution is 2.29. The van der Waals surface area contributed by atoms with Crippen LogP contribution in [0.15, 0.2) is 29.8 Å². The van der Waals surface area contributed by atoms with Gasteiger partial charge in [0.05, 0.1) is 35.3 Å². The second-order valence-electron chi connectivity index (χ2n) is 14.0. The van der Waals surface area contributed by atoms with Gasteiger partial charge >= 0.3 is 0 Å². The van der Waals surface area contributed by atoms with E-state index in [1.807, 2.05) is 24.6 Å². The van der Waals surface area contributed by atoms with Crippen molar-refractivity contribution in [2.45, 2.75) is 86.9 Å². The lowest BCUT2D eigenvalue weighted by molar-refractivity contribution is -0.142. The number of thiazole rings is 1. The van der Waals surface area contributed by atoms with Gasteiger partial charge in [0.25, 0.3) is 0 Å². The number of aromatic nitrogens is 1. The summed E-state index contributed by atoms with van der Waals surface area (Å²) >= 11 is 4.03. The molecule has 0 bridgehead atoms. The maximum atomic E-state index is 13.9. The lowest BCUT2D eigenvalue weighted by atomic mass is 9.84. The Balaban J connectivity index is 1.58. The zero-order valence-corrected chi connectivity index (χ0v) is 29.1. The van der Waals surface area contributed by atoms with Crippen molar-refractivity contribution in [1.82, 2.24) is 20.5 Å². The fraction of sp³-hybridized carbons (Fsp3) is 0.656. The molecule has 228 valence electrons. The number of nitrogens with one attached hydrogen (secondary N) is 2. The van der Waals surface area contributed by atoms with Crippen LogP contribution >= 0.6 is 33.9 Å². The Morgan fingerprint density at radius 2 is 1.76 bits per heavy atom. The van der Waals surface area contributed by atoms with Crippen LogP contribution in [0, 0.1) is 23.2 Å². The van der Waals surface area contributed by atoms with Crippen molar-refractivity contribution in [1.29, 1.82) is 0 Å². The van der Waals surface area contributed by atoms with Crippen LogP contribution in [0.3, 0.4) is 0 Å². The molecule has 1 aromatic carbocycles. The molecule has 2 amide bonds. The van der Waals surface area contributed by atoms with Crippen molar-refractivity contribution in [2.75, 3.05) is 30.7 Å². The Kier molecular flexibility index (Phi) is 11.8. The van der Waals surface area contributed by atoms with E-state index in [0.29, 0.717) is 39.3 Å². The van der Waals surface area contributed by atoms with Gasteiger partial charge in [-0.25, -0.2) is 4.98 Å².